The van der Waals surface area contributed by atoms with Crippen molar-refractivity contribution in [3.05, 3.63) is 0 Å². The van der Waals surface area contributed by atoms with Gasteiger partial charge < -0.3 is 10.6 Å². The molecule has 0 aromatic heterocycles. The van der Waals surface area contributed by atoms with Gasteiger partial charge in [0.2, 0.25) is 5.91 Å². The number of hydrogen-bond donors (Lipinski definition) is 1. The lowest BCUT2D eigenvalue weighted by atomic mass is 9.65. The first kappa shape index (κ1) is 15.9. The predicted molar refractivity (Wildman–Crippen MR) is 83.5 cm³/mol. The van der Waals surface area contributed by atoms with E-state index in [2.05, 4.69) is 18.7 Å². The molecule has 1 amide bonds. The number of piperidine rings is 1. The first-order chi connectivity index (χ1) is 9.41. The zero-order chi connectivity index (χ0) is 14.8. The summed E-state index contributed by atoms with van der Waals surface area (Å²) >= 11 is 0. The van der Waals surface area contributed by atoms with E-state index in [9.17, 15) is 4.79 Å². The molecule has 1 aliphatic carbocycles. The van der Waals surface area contributed by atoms with Crippen LogP contribution in [0.1, 0.15) is 71.6 Å². The van der Waals surface area contributed by atoms with Gasteiger partial charge in [-0.2, -0.15) is 0 Å². The van der Waals surface area contributed by atoms with Crippen LogP contribution in [-0.4, -0.2) is 36.2 Å². The summed E-state index contributed by atoms with van der Waals surface area (Å²) in [5.74, 6) is 0.793. The van der Waals surface area contributed by atoms with Crippen LogP contribution in [0.25, 0.3) is 0 Å². The van der Waals surface area contributed by atoms with Crippen molar-refractivity contribution < 1.29 is 4.79 Å². The lowest BCUT2D eigenvalue weighted by molar-refractivity contribution is -0.142. The maximum atomic E-state index is 12.3. The molecule has 2 aliphatic rings. The van der Waals surface area contributed by atoms with Crippen molar-refractivity contribution in [2.75, 3.05) is 0 Å². The first-order valence-corrected chi connectivity index (χ1v) is 8.29. The first-order valence-electron chi connectivity index (χ1n) is 8.29. The van der Waals surface area contributed by atoms with Crippen LogP contribution < -0.4 is 5.73 Å². The Morgan fingerprint density at radius 1 is 1.25 bits per heavy atom. The van der Waals surface area contributed by atoms with E-state index < -0.39 is 5.44 Å². The van der Waals surface area contributed by atoms with Crippen LogP contribution in [0.15, 0.2) is 0 Å². The second kappa shape index (κ2) is 6.51. The zero-order valence-electron chi connectivity index (χ0n) is 13.1. The minimum Gasteiger partial charge on any atom is -0.337 e. The molecule has 1 heterocycles. The largest absolute Gasteiger partial charge is 0.337 e. The number of likely N-dealkylation sites (tertiary alicyclic amines) is 1. The number of rotatable bonds is 1. The Hall–Kier alpha value is -0.505. The van der Waals surface area contributed by atoms with Crippen LogP contribution in [0, 0.1) is 5.92 Å². The van der Waals surface area contributed by atoms with Gasteiger partial charge in [-0.3, -0.25) is 4.79 Å². The van der Waals surface area contributed by atoms with Gasteiger partial charge in [-0.15, -0.1) is 0 Å². The van der Waals surface area contributed by atoms with Crippen LogP contribution >= 0.6 is 0 Å². The van der Waals surface area contributed by atoms with Crippen molar-refractivity contribution in [1.29, 1.82) is 0 Å². The SMILES string of the molecule is [B]C1(N)CCCCCCC2C(CCC(=O)N2C(C)C)C1. The Labute approximate surface area is 125 Å². The van der Waals surface area contributed by atoms with Crippen LogP contribution in [0.4, 0.5) is 0 Å². The van der Waals surface area contributed by atoms with Crippen LogP contribution in [-0.2, 0) is 4.79 Å². The van der Waals surface area contributed by atoms with Gasteiger partial charge in [-0.1, -0.05) is 25.7 Å². The van der Waals surface area contributed by atoms with Crippen molar-refractivity contribution in [3.63, 3.8) is 0 Å². The second-order valence-electron chi connectivity index (χ2n) is 7.15. The van der Waals surface area contributed by atoms with Crippen molar-refractivity contribution in [1.82, 2.24) is 4.90 Å². The molecule has 0 aromatic rings. The van der Waals surface area contributed by atoms with Crippen molar-refractivity contribution in [3.8, 4) is 0 Å². The molecule has 3 nitrogen and oxygen atoms in total. The maximum Gasteiger partial charge on any atom is 0.223 e. The number of fused-ring (bicyclic) bond motifs is 1. The van der Waals surface area contributed by atoms with Gasteiger partial charge >= 0.3 is 0 Å². The number of amides is 1. The molecule has 4 heteroatoms. The molecule has 20 heavy (non-hydrogen) atoms. The van der Waals surface area contributed by atoms with Gasteiger partial charge in [0.1, 0.15) is 0 Å². The van der Waals surface area contributed by atoms with Gasteiger partial charge in [0.15, 0.2) is 0 Å². The fourth-order valence-electron chi connectivity index (χ4n) is 4.08. The number of nitrogens with zero attached hydrogens (tertiary/aromatic N) is 1. The summed E-state index contributed by atoms with van der Waals surface area (Å²) in [7, 11) is 6.31. The summed E-state index contributed by atoms with van der Waals surface area (Å²) in [4.78, 5) is 14.4. The second-order valence-corrected chi connectivity index (χ2v) is 7.15. The Kier molecular flexibility index (Phi) is 5.17. The van der Waals surface area contributed by atoms with E-state index in [1.54, 1.807) is 0 Å². The fourth-order valence-corrected chi connectivity index (χ4v) is 4.08. The molecule has 2 N–H and O–H groups in total. The molecule has 2 radical (unpaired) electrons. The summed E-state index contributed by atoms with van der Waals surface area (Å²) in [5, 5.41) is 0. The van der Waals surface area contributed by atoms with Crippen LogP contribution in [0.2, 0.25) is 0 Å². The highest BCUT2D eigenvalue weighted by atomic mass is 16.2. The van der Waals surface area contributed by atoms with E-state index in [1.165, 1.54) is 19.3 Å². The third-order valence-electron chi connectivity index (χ3n) is 5.01. The molecule has 3 unspecified atom stereocenters. The minimum atomic E-state index is -0.552. The van der Waals surface area contributed by atoms with Gasteiger partial charge in [-0.25, -0.2) is 0 Å². The Morgan fingerprint density at radius 3 is 2.65 bits per heavy atom. The smallest absolute Gasteiger partial charge is 0.223 e. The molecule has 1 aliphatic heterocycles. The standard InChI is InChI=1S/C16H29BN2O/c1-12(2)19-14-7-5-3-4-6-10-16(17,18)11-13(14)8-9-15(19)20/h12-14H,3-11,18H2,1-2H3. The molecule has 1 saturated carbocycles. The highest BCUT2D eigenvalue weighted by Crippen LogP contribution is 2.36. The third-order valence-corrected chi connectivity index (χ3v) is 5.01. The van der Waals surface area contributed by atoms with E-state index in [0.29, 0.717) is 24.3 Å². The molecule has 0 spiro atoms. The third kappa shape index (κ3) is 3.78. The van der Waals surface area contributed by atoms with Gasteiger partial charge in [0.05, 0.1) is 7.85 Å². The number of carbonyl (C=O) groups excluding carboxylic acids is 1. The highest BCUT2D eigenvalue weighted by molar-refractivity contribution is 6.15. The van der Waals surface area contributed by atoms with E-state index in [-0.39, 0.29) is 6.04 Å². The topological polar surface area (TPSA) is 46.3 Å². The predicted octanol–water partition coefficient (Wildman–Crippen LogP) is 2.57. The molecular formula is C16H29BN2O. The Balaban J connectivity index is 2.18. The molecule has 3 atom stereocenters. The van der Waals surface area contributed by atoms with E-state index in [0.717, 1.165) is 32.1 Å². The van der Waals surface area contributed by atoms with E-state index in [1.807, 2.05) is 0 Å². The molecule has 2 rings (SSSR count). The fraction of sp³-hybridized carbons (Fsp3) is 0.938. The summed E-state index contributed by atoms with van der Waals surface area (Å²) in [6, 6.07) is 0.629. The van der Waals surface area contributed by atoms with Crippen LogP contribution in [0.5, 0.6) is 0 Å². The van der Waals surface area contributed by atoms with Crippen molar-refractivity contribution in [2.24, 2.45) is 11.7 Å². The molecule has 112 valence electrons. The molecule has 0 aromatic carbocycles. The lowest BCUT2D eigenvalue weighted by Gasteiger charge is -2.46. The summed E-state index contributed by atoms with van der Waals surface area (Å²) in [6.07, 6.45) is 9.31. The van der Waals surface area contributed by atoms with E-state index >= 15 is 0 Å². The molecule has 0 bridgehead atoms. The Bertz CT molecular complexity index is 343. The average molecular weight is 276 g/mol. The number of carbonyl (C=O) groups is 1. The molecule has 2 fully saturated rings. The zero-order valence-corrected chi connectivity index (χ0v) is 13.1. The summed E-state index contributed by atoms with van der Waals surface area (Å²) in [6.45, 7) is 4.24. The molecular weight excluding hydrogens is 247 g/mol. The van der Waals surface area contributed by atoms with E-state index in [4.69, 9.17) is 13.6 Å². The van der Waals surface area contributed by atoms with Gasteiger partial charge in [0.25, 0.3) is 0 Å². The summed E-state index contributed by atoms with van der Waals surface area (Å²) < 4.78 is 0. The molecule has 1 saturated heterocycles. The quantitative estimate of drug-likeness (QED) is 0.748. The lowest BCUT2D eigenvalue weighted by Crippen LogP contribution is -2.55. The van der Waals surface area contributed by atoms with Crippen molar-refractivity contribution >= 4 is 13.8 Å². The normalized spacial score (nSPS) is 36.8. The highest BCUT2D eigenvalue weighted by Gasteiger charge is 2.39. The maximum absolute atomic E-state index is 12.3. The number of hydrogen-bond acceptors (Lipinski definition) is 2. The van der Waals surface area contributed by atoms with Gasteiger partial charge in [-0.05, 0) is 50.9 Å². The van der Waals surface area contributed by atoms with Gasteiger partial charge in [0, 0.05) is 18.5 Å². The minimum absolute atomic E-state index is 0.281. The Morgan fingerprint density at radius 2 is 1.95 bits per heavy atom. The number of nitrogens with two attached hydrogens (primary N) is 1. The summed E-state index contributed by atoms with van der Waals surface area (Å²) in [5.41, 5.74) is 5.75. The monoisotopic (exact) mass is 276 g/mol. The average Bonchev–Trinajstić information content (AvgIpc) is 2.35. The van der Waals surface area contributed by atoms with Crippen molar-refractivity contribution in [2.45, 2.75) is 89.2 Å². The van der Waals surface area contributed by atoms with Crippen LogP contribution in [0.3, 0.4) is 0 Å².